The van der Waals surface area contributed by atoms with Crippen LogP contribution >= 0.6 is 11.3 Å². The number of piperidine rings is 3. The molecule has 5 heteroatoms. The van der Waals surface area contributed by atoms with Crippen LogP contribution in [-0.4, -0.2) is 35.5 Å². The number of nitrogens with one attached hydrogen (secondary N) is 1. The Labute approximate surface area is 157 Å². The van der Waals surface area contributed by atoms with Gasteiger partial charge in [0.1, 0.15) is 5.82 Å². The molecule has 138 valence electrons. The summed E-state index contributed by atoms with van der Waals surface area (Å²) >= 11 is 1.46. The number of rotatable bonds is 3. The van der Waals surface area contributed by atoms with Crippen molar-refractivity contribution < 1.29 is 9.18 Å². The van der Waals surface area contributed by atoms with E-state index in [2.05, 4.69) is 24.1 Å². The van der Waals surface area contributed by atoms with Gasteiger partial charge in [-0.05, 0) is 82.0 Å². The Morgan fingerprint density at radius 3 is 2.62 bits per heavy atom. The van der Waals surface area contributed by atoms with Crippen LogP contribution in [0, 0.1) is 11.7 Å². The summed E-state index contributed by atoms with van der Waals surface area (Å²) in [4.78, 5) is 16.2. The van der Waals surface area contributed by atoms with Gasteiger partial charge in [-0.15, -0.1) is 11.3 Å². The summed E-state index contributed by atoms with van der Waals surface area (Å²) in [5, 5.41) is 4.33. The van der Waals surface area contributed by atoms with Gasteiger partial charge in [0, 0.05) is 21.8 Å². The third-order valence-electron chi connectivity index (χ3n) is 6.76. The minimum atomic E-state index is -0.118. The molecule has 26 heavy (non-hydrogen) atoms. The Kier molecular flexibility index (Phi) is 3.70. The molecule has 4 heterocycles. The highest BCUT2D eigenvalue weighted by molar-refractivity contribution is 7.21. The van der Waals surface area contributed by atoms with E-state index in [1.807, 2.05) is 12.1 Å². The summed E-state index contributed by atoms with van der Waals surface area (Å²) < 4.78 is 15.3. The number of amides is 1. The molecule has 3 saturated heterocycles. The lowest BCUT2D eigenvalue weighted by Gasteiger charge is -2.56. The molecule has 1 atom stereocenters. The first-order valence-corrected chi connectivity index (χ1v) is 10.5. The highest BCUT2D eigenvalue weighted by Crippen LogP contribution is 2.46. The molecule has 1 aromatic carbocycles. The molecule has 3 nitrogen and oxygen atoms in total. The van der Waals surface area contributed by atoms with Gasteiger partial charge in [0.15, 0.2) is 0 Å². The highest BCUT2D eigenvalue weighted by Gasteiger charge is 2.48. The Balaban J connectivity index is 1.45. The fourth-order valence-electron chi connectivity index (χ4n) is 5.05. The molecule has 6 rings (SSSR count). The lowest BCUT2D eigenvalue weighted by Crippen LogP contribution is -2.69. The lowest BCUT2D eigenvalue weighted by atomic mass is 9.72. The number of thiophene rings is 1. The summed E-state index contributed by atoms with van der Waals surface area (Å²) in [5.74, 6) is 0.786. The van der Waals surface area contributed by atoms with Crippen molar-refractivity contribution in [2.75, 3.05) is 13.1 Å². The number of benzene rings is 1. The van der Waals surface area contributed by atoms with Gasteiger partial charge in [0.25, 0.3) is 5.91 Å². The molecule has 1 saturated carbocycles. The average Bonchev–Trinajstić information content (AvgIpc) is 3.35. The maximum Gasteiger partial charge on any atom is 0.261 e. The van der Waals surface area contributed by atoms with Crippen molar-refractivity contribution in [1.82, 2.24) is 10.2 Å². The normalized spacial score (nSPS) is 29.9. The first kappa shape index (κ1) is 16.7. The summed E-state index contributed by atoms with van der Waals surface area (Å²) in [6, 6.07) is 5.49. The minimum Gasteiger partial charge on any atom is -0.346 e. The molecular weight excluding hydrogens is 347 g/mol. The molecular formula is C21H25FN2OS. The number of carbonyl (C=O) groups excluding carboxylic acids is 1. The van der Waals surface area contributed by atoms with Crippen LogP contribution in [0.2, 0.25) is 0 Å². The van der Waals surface area contributed by atoms with E-state index in [0.717, 1.165) is 54.4 Å². The number of hydrogen-bond acceptors (Lipinski definition) is 3. The first-order valence-electron chi connectivity index (χ1n) is 9.73. The van der Waals surface area contributed by atoms with Crippen LogP contribution in [0.1, 0.15) is 60.7 Å². The molecule has 0 radical (unpaired) electrons. The van der Waals surface area contributed by atoms with E-state index in [4.69, 9.17) is 0 Å². The van der Waals surface area contributed by atoms with Crippen molar-refractivity contribution in [2.45, 2.75) is 57.0 Å². The zero-order chi connectivity index (χ0) is 18.1. The van der Waals surface area contributed by atoms with Crippen LogP contribution in [-0.2, 0) is 0 Å². The predicted octanol–water partition coefficient (Wildman–Crippen LogP) is 4.52. The molecule has 1 aliphatic carbocycles. The number of nitrogens with zero attached hydrogens (tertiary/aromatic N) is 1. The van der Waals surface area contributed by atoms with Gasteiger partial charge < -0.3 is 5.32 Å². The second kappa shape index (κ2) is 5.77. The molecule has 2 aromatic rings. The van der Waals surface area contributed by atoms with Crippen molar-refractivity contribution >= 4 is 27.3 Å². The van der Waals surface area contributed by atoms with Gasteiger partial charge in [-0.3, -0.25) is 9.69 Å². The van der Waals surface area contributed by atoms with Crippen molar-refractivity contribution in [1.29, 1.82) is 0 Å². The van der Waals surface area contributed by atoms with Gasteiger partial charge in [-0.2, -0.15) is 0 Å². The van der Waals surface area contributed by atoms with Gasteiger partial charge in [-0.25, -0.2) is 4.39 Å². The Morgan fingerprint density at radius 2 is 1.96 bits per heavy atom. The molecule has 1 N–H and O–H groups in total. The molecule has 2 bridgehead atoms. The summed E-state index contributed by atoms with van der Waals surface area (Å²) in [6.45, 7) is 6.76. The maximum atomic E-state index is 14.3. The smallest absolute Gasteiger partial charge is 0.261 e. The van der Waals surface area contributed by atoms with E-state index < -0.39 is 0 Å². The van der Waals surface area contributed by atoms with Crippen molar-refractivity contribution in [3.63, 3.8) is 0 Å². The Morgan fingerprint density at radius 1 is 1.23 bits per heavy atom. The highest BCUT2D eigenvalue weighted by atomic mass is 32.1. The Bertz CT molecular complexity index is 878. The lowest BCUT2D eigenvalue weighted by molar-refractivity contribution is -0.0377. The third kappa shape index (κ3) is 2.51. The number of halogens is 1. The zero-order valence-corrected chi connectivity index (χ0v) is 16.2. The molecule has 1 aromatic heterocycles. The van der Waals surface area contributed by atoms with Crippen LogP contribution in [0.15, 0.2) is 18.2 Å². The molecule has 0 unspecified atom stereocenters. The van der Waals surface area contributed by atoms with Gasteiger partial charge >= 0.3 is 0 Å². The topological polar surface area (TPSA) is 32.3 Å². The van der Waals surface area contributed by atoms with Gasteiger partial charge in [0.05, 0.1) is 4.88 Å². The fraction of sp³-hybridized carbons (Fsp3) is 0.571. The van der Waals surface area contributed by atoms with E-state index in [1.165, 1.54) is 11.3 Å². The van der Waals surface area contributed by atoms with E-state index >= 15 is 0 Å². The van der Waals surface area contributed by atoms with Crippen LogP contribution in [0.25, 0.3) is 10.1 Å². The zero-order valence-electron chi connectivity index (χ0n) is 15.3. The molecule has 4 aliphatic rings. The van der Waals surface area contributed by atoms with E-state index in [9.17, 15) is 9.18 Å². The van der Waals surface area contributed by atoms with Crippen LogP contribution in [0.5, 0.6) is 0 Å². The SMILES string of the molecule is CC1(C)[C@H](NC(=O)c2cc3ccc(F)c(C4CC4)c3s2)C2CCN1CC2. The third-order valence-corrected chi connectivity index (χ3v) is 7.94. The average molecular weight is 373 g/mol. The number of carbonyl (C=O) groups is 1. The summed E-state index contributed by atoms with van der Waals surface area (Å²) in [5.41, 5.74) is 0.827. The fourth-order valence-corrected chi connectivity index (χ4v) is 6.23. The van der Waals surface area contributed by atoms with Crippen molar-refractivity contribution in [3.8, 4) is 0 Å². The second-order valence-electron chi connectivity index (χ2n) is 8.69. The number of fused-ring (bicyclic) bond motifs is 4. The Hall–Kier alpha value is -1.46. The quantitative estimate of drug-likeness (QED) is 0.859. The summed E-state index contributed by atoms with van der Waals surface area (Å²) in [6.07, 6.45) is 4.45. The molecule has 0 spiro atoms. The minimum absolute atomic E-state index is 0.000167. The molecule has 1 amide bonds. The van der Waals surface area contributed by atoms with Crippen molar-refractivity contribution in [2.24, 2.45) is 5.92 Å². The second-order valence-corrected chi connectivity index (χ2v) is 9.75. The van der Waals surface area contributed by atoms with Crippen LogP contribution < -0.4 is 5.32 Å². The van der Waals surface area contributed by atoms with Gasteiger partial charge in [0.2, 0.25) is 0 Å². The molecule has 4 fully saturated rings. The van der Waals surface area contributed by atoms with E-state index in [0.29, 0.717) is 16.7 Å². The van der Waals surface area contributed by atoms with E-state index in [-0.39, 0.29) is 23.3 Å². The van der Waals surface area contributed by atoms with Crippen LogP contribution in [0.4, 0.5) is 4.39 Å². The van der Waals surface area contributed by atoms with E-state index in [1.54, 1.807) is 6.07 Å². The first-order chi connectivity index (χ1) is 12.4. The number of hydrogen-bond donors (Lipinski definition) is 1. The molecule has 3 aliphatic heterocycles. The maximum absolute atomic E-state index is 14.3. The standard InChI is InChI=1S/C21H25FN2OS/c1-21(2)19(13-7-9-24(21)10-8-13)23-20(25)16-11-14-5-6-15(22)17(12-3-4-12)18(14)26-16/h5-6,11-13,19H,3-4,7-10H2,1-2H3,(H,23,25)/t19-/m1/s1. The predicted molar refractivity (Wildman–Crippen MR) is 103 cm³/mol. The van der Waals surface area contributed by atoms with Gasteiger partial charge in [-0.1, -0.05) is 6.07 Å². The van der Waals surface area contributed by atoms with Crippen molar-refractivity contribution in [3.05, 3.63) is 34.5 Å². The van der Waals surface area contributed by atoms with Crippen LogP contribution in [0.3, 0.4) is 0 Å². The summed E-state index contributed by atoms with van der Waals surface area (Å²) in [7, 11) is 0. The monoisotopic (exact) mass is 372 g/mol. The largest absolute Gasteiger partial charge is 0.346 e.